The van der Waals surface area contributed by atoms with E-state index >= 15 is 0 Å². The fraction of sp³-hybridized carbons (Fsp3) is 0.308. The molecule has 3 rings (SSSR count). The lowest BCUT2D eigenvalue weighted by Crippen LogP contribution is -1.93. The molecule has 0 amide bonds. The van der Waals surface area contributed by atoms with Crippen LogP contribution in [0.4, 0.5) is 4.39 Å². The van der Waals surface area contributed by atoms with Crippen LogP contribution in [0.2, 0.25) is 0 Å². The van der Waals surface area contributed by atoms with E-state index in [2.05, 4.69) is 37.3 Å². The Morgan fingerprint density at radius 3 is 1.89 bits per heavy atom. The van der Waals surface area contributed by atoms with Crippen LogP contribution in [0.3, 0.4) is 0 Å². The fourth-order valence-electron chi connectivity index (χ4n) is 3.46. The summed E-state index contributed by atoms with van der Waals surface area (Å²) >= 11 is 0. The molecular weight excluding hydrogens is 347 g/mol. The SMILES string of the molecule is CCCCCc1ccc(-c2ccc(CCc3ccc(OC)cc3)cc2)c(F)c1. The normalized spacial score (nSPS) is 10.8. The van der Waals surface area contributed by atoms with E-state index in [9.17, 15) is 4.39 Å². The molecule has 0 unspecified atom stereocenters. The standard InChI is InChI=1S/C26H29FO/c1-3-4-5-6-22-13-18-25(26(27)19-22)23-14-9-20(10-15-23)7-8-21-11-16-24(28-2)17-12-21/h9-19H,3-8H2,1-2H3. The number of hydrogen-bond donors (Lipinski definition) is 0. The van der Waals surface area contributed by atoms with Crippen LogP contribution in [0, 0.1) is 5.82 Å². The van der Waals surface area contributed by atoms with Gasteiger partial charge in [0.25, 0.3) is 0 Å². The molecule has 3 aromatic carbocycles. The lowest BCUT2D eigenvalue weighted by Gasteiger charge is -2.08. The molecule has 0 aliphatic rings. The Kier molecular flexibility index (Phi) is 7.25. The zero-order chi connectivity index (χ0) is 19.8. The molecule has 0 aliphatic heterocycles. The molecule has 0 saturated carbocycles. The zero-order valence-corrected chi connectivity index (χ0v) is 16.9. The van der Waals surface area contributed by atoms with Crippen LogP contribution in [0.1, 0.15) is 42.9 Å². The fourth-order valence-corrected chi connectivity index (χ4v) is 3.46. The average Bonchev–Trinajstić information content (AvgIpc) is 2.73. The van der Waals surface area contributed by atoms with Crippen LogP contribution in [-0.4, -0.2) is 7.11 Å². The Labute approximate surface area is 168 Å². The van der Waals surface area contributed by atoms with Crippen LogP contribution in [0.25, 0.3) is 11.1 Å². The lowest BCUT2D eigenvalue weighted by molar-refractivity contribution is 0.414. The van der Waals surface area contributed by atoms with Crippen LogP contribution in [-0.2, 0) is 19.3 Å². The maximum absolute atomic E-state index is 14.6. The molecule has 0 N–H and O–H groups in total. The molecule has 0 saturated heterocycles. The quantitative estimate of drug-likeness (QED) is 0.365. The highest BCUT2D eigenvalue weighted by Gasteiger charge is 2.07. The molecule has 0 aromatic heterocycles. The Bertz CT molecular complexity index is 866. The molecule has 2 heteroatoms. The first-order valence-electron chi connectivity index (χ1n) is 10.2. The molecular formula is C26H29FO. The summed E-state index contributed by atoms with van der Waals surface area (Å²) in [5, 5.41) is 0. The molecule has 3 aromatic rings. The monoisotopic (exact) mass is 376 g/mol. The number of halogens is 1. The summed E-state index contributed by atoms with van der Waals surface area (Å²) in [6, 6.07) is 22.1. The predicted molar refractivity (Wildman–Crippen MR) is 115 cm³/mol. The highest BCUT2D eigenvalue weighted by atomic mass is 19.1. The number of unbranched alkanes of at least 4 members (excludes halogenated alkanes) is 2. The first-order chi connectivity index (χ1) is 13.7. The minimum absolute atomic E-state index is 0.125. The summed E-state index contributed by atoms with van der Waals surface area (Å²) < 4.78 is 19.8. The van der Waals surface area contributed by atoms with Gasteiger partial charge in [0.2, 0.25) is 0 Å². The minimum atomic E-state index is -0.125. The third-order valence-electron chi connectivity index (χ3n) is 5.23. The van der Waals surface area contributed by atoms with E-state index in [0.717, 1.165) is 42.6 Å². The van der Waals surface area contributed by atoms with Crippen LogP contribution >= 0.6 is 0 Å². The second kappa shape index (κ2) is 10.1. The van der Waals surface area contributed by atoms with Crippen molar-refractivity contribution < 1.29 is 9.13 Å². The van der Waals surface area contributed by atoms with Gasteiger partial charge >= 0.3 is 0 Å². The second-order valence-corrected chi connectivity index (χ2v) is 7.32. The van der Waals surface area contributed by atoms with Crippen molar-refractivity contribution in [1.82, 2.24) is 0 Å². The molecule has 0 spiro atoms. The van der Waals surface area contributed by atoms with Gasteiger partial charge in [0.05, 0.1) is 7.11 Å². The van der Waals surface area contributed by atoms with Crippen molar-refractivity contribution in [1.29, 1.82) is 0 Å². The smallest absolute Gasteiger partial charge is 0.131 e. The third-order valence-corrected chi connectivity index (χ3v) is 5.23. The van der Waals surface area contributed by atoms with Crippen molar-refractivity contribution in [2.24, 2.45) is 0 Å². The Hall–Kier alpha value is -2.61. The predicted octanol–water partition coefficient (Wildman–Crippen LogP) is 7.02. The van der Waals surface area contributed by atoms with Crippen molar-refractivity contribution in [2.45, 2.75) is 45.4 Å². The van der Waals surface area contributed by atoms with Crippen LogP contribution in [0.5, 0.6) is 5.75 Å². The van der Waals surface area contributed by atoms with Gasteiger partial charge in [-0.1, -0.05) is 68.3 Å². The van der Waals surface area contributed by atoms with E-state index < -0.39 is 0 Å². The van der Waals surface area contributed by atoms with Gasteiger partial charge in [-0.2, -0.15) is 0 Å². The maximum atomic E-state index is 14.6. The maximum Gasteiger partial charge on any atom is 0.131 e. The van der Waals surface area contributed by atoms with Gasteiger partial charge in [0.15, 0.2) is 0 Å². The van der Waals surface area contributed by atoms with Gasteiger partial charge in [0.1, 0.15) is 11.6 Å². The molecule has 0 bridgehead atoms. The van der Waals surface area contributed by atoms with E-state index in [1.165, 1.54) is 24.0 Å². The molecule has 0 radical (unpaired) electrons. The van der Waals surface area contributed by atoms with Gasteiger partial charge in [-0.15, -0.1) is 0 Å². The number of hydrogen-bond acceptors (Lipinski definition) is 1. The number of rotatable bonds is 9. The van der Waals surface area contributed by atoms with Crippen LogP contribution < -0.4 is 4.74 Å². The zero-order valence-electron chi connectivity index (χ0n) is 16.9. The summed E-state index contributed by atoms with van der Waals surface area (Å²) in [6.45, 7) is 2.18. The Balaban J connectivity index is 1.61. The minimum Gasteiger partial charge on any atom is -0.497 e. The van der Waals surface area contributed by atoms with Crippen molar-refractivity contribution in [3.63, 3.8) is 0 Å². The number of methoxy groups -OCH3 is 1. The van der Waals surface area contributed by atoms with E-state index in [0.29, 0.717) is 5.56 Å². The summed E-state index contributed by atoms with van der Waals surface area (Å²) in [5.74, 6) is 0.756. The summed E-state index contributed by atoms with van der Waals surface area (Å²) in [7, 11) is 1.68. The van der Waals surface area contributed by atoms with Crippen molar-refractivity contribution >= 4 is 0 Å². The molecule has 146 valence electrons. The highest BCUT2D eigenvalue weighted by molar-refractivity contribution is 5.64. The van der Waals surface area contributed by atoms with E-state index in [-0.39, 0.29) is 5.82 Å². The molecule has 0 aliphatic carbocycles. The molecule has 0 fully saturated rings. The summed E-state index contributed by atoms with van der Waals surface area (Å²) in [5.41, 5.74) is 5.25. The first-order valence-corrected chi connectivity index (χ1v) is 10.2. The number of benzene rings is 3. The number of aryl methyl sites for hydroxylation is 3. The lowest BCUT2D eigenvalue weighted by atomic mass is 9.98. The highest BCUT2D eigenvalue weighted by Crippen LogP contribution is 2.25. The largest absolute Gasteiger partial charge is 0.497 e. The first kappa shape index (κ1) is 20.1. The van der Waals surface area contributed by atoms with Gasteiger partial charge in [0, 0.05) is 5.56 Å². The van der Waals surface area contributed by atoms with E-state index in [1.54, 1.807) is 13.2 Å². The molecule has 28 heavy (non-hydrogen) atoms. The molecule has 0 atom stereocenters. The summed E-state index contributed by atoms with van der Waals surface area (Å²) in [6.07, 6.45) is 6.40. The van der Waals surface area contributed by atoms with E-state index in [1.807, 2.05) is 30.3 Å². The Morgan fingerprint density at radius 1 is 0.714 bits per heavy atom. The van der Waals surface area contributed by atoms with Gasteiger partial charge < -0.3 is 4.74 Å². The van der Waals surface area contributed by atoms with Gasteiger partial charge in [-0.25, -0.2) is 4.39 Å². The van der Waals surface area contributed by atoms with Crippen molar-refractivity contribution in [2.75, 3.05) is 7.11 Å². The third kappa shape index (κ3) is 5.45. The number of ether oxygens (including phenoxy) is 1. The topological polar surface area (TPSA) is 9.23 Å². The second-order valence-electron chi connectivity index (χ2n) is 7.32. The van der Waals surface area contributed by atoms with Gasteiger partial charge in [-0.05, 0) is 66.1 Å². The average molecular weight is 377 g/mol. The van der Waals surface area contributed by atoms with Crippen LogP contribution in [0.15, 0.2) is 66.7 Å². The van der Waals surface area contributed by atoms with Crippen molar-refractivity contribution in [3.8, 4) is 16.9 Å². The van der Waals surface area contributed by atoms with Gasteiger partial charge in [-0.3, -0.25) is 0 Å². The molecule has 0 heterocycles. The molecule has 1 nitrogen and oxygen atoms in total. The summed E-state index contributed by atoms with van der Waals surface area (Å²) in [4.78, 5) is 0. The Morgan fingerprint density at radius 2 is 1.32 bits per heavy atom. The van der Waals surface area contributed by atoms with Crippen molar-refractivity contribution in [3.05, 3.63) is 89.2 Å². The van der Waals surface area contributed by atoms with E-state index in [4.69, 9.17) is 4.74 Å².